The zero-order valence-corrected chi connectivity index (χ0v) is 16.0. The molecule has 0 radical (unpaired) electrons. The van der Waals surface area contributed by atoms with Gasteiger partial charge in [0.1, 0.15) is 6.07 Å². The molecule has 4 rings (SSSR count). The molecule has 5 nitrogen and oxygen atoms in total. The van der Waals surface area contributed by atoms with Gasteiger partial charge in [-0.25, -0.2) is 18.4 Å². The van der Waals surface area contributed by atoms with Crippen LogP contribution >= 0.6 is 0 Å². The summed E-state index contributed by atoms with van der Waals surface area (Å²) in [5.41, 5.74) is 2.10. The molecule has 0 unspecified atom stereocenters. The third-order valence-corrected chi connectivity index (χ3v) is 6.06. The number of benzene rings is 3. The first-order valence-electron chi connectivity index (χ1n) is 8.84. The van der Waals surface area contributed by atoms with E-state index in [1.54, 1.807) is 18.2 Å². The number of hydrogen-bond donors (Lipinski definition) is 0. The minimum Gasteiger partial charge on any atom is -0.232 e. The zero-order valence-electron chi connectivity index (χ0n) is 15.2. The predicted molar refractivity (Wildman–Crippen MR) is 110 cm³/mol. The van der Waals surface area contributed by atoms with Crippen LogP contribution in [0.1, 0.15) is 5.69 Å². The first-order valence-corrected chi connectivity index (χ1v) is 10.3. The first-order chi connectivity index (χ1) is 14.1. The van der Waals surface area contributed by atoms with Gasteiger partial charge in [0, 0.05) is 11.1 Å². The van der Waals surface area contributed by atoms with E-state index in [-0.39, 0.29) is 15.6 Å². The summed E-state index contributed by atoms with van der Waals surface area (Å²) in [5.74, 6) is 0. The van der Waals surface area contributed by atoms with Crippen LogP contribution in [0.4, 0.5) is 0 Å². The van der Waals surface area contributed by atoms with E-state index < -0.39 is 9.84 Å². The van der Waals surface area contributed by atoms with Gasteiger partial charge in [0.25, 0.3) is 0 Å². The quantitative estimate of drug-likeness (QED) is 0.506. The number of rotatable bonds is 4. The molecule has 1 heterocycles. The Morgan fingerprint density at radius 1 is 0.655 bits per heavy atom. The Labute approximate surface area is 168 Å². The van der Waals surface area contributed by atoms with Gasteiger partial charge < -0.3 is 0 Å². The van der Waals surface area contributed by atoms with Crippen molar-refractivity contribution in [3.8, 4) is 28.6 Å². The van der Waals surface area contributed by atoms with Crippen molar-refractivity contribution in [1.29, 1.82) is 5.26 Å². The summed E-state index contributed by atoms with van der Waals surface area (Å²) < 4.78 is 26.4. The lowest BCUT2D eigenvalue weighted by Gasteiger charge is -2.13. The molecule has 3 aromatic carbocycles. The highest BCUT2D eigenvalue weighted by Gasteiger charge is 2.27. The molecule has 0 fully saturated rings. The van der Waals surface area contributed by atoms with Gasteiger partial charge >= 0.3 is 0 Å². The standard InChI is InChI=1S/C23H15N3O2S/c24-16-20-23(29(27,28)19-14-8-3-9-15-19)26-22(18-12-6-2-7-13-18)21(25-20)17-10-4-1-5-11-17/h1-15H. The normalized spacial score (nSPS) is 11.0. The average Bonchev–Trinajstić information content (AvgIpc) is 2.80. The SMILES string of the molecule is N#Cc1nc(-c2ccccc2)c(-c2ccccc2)nc1S(=O)(=O)c1ccccc1. The molecule has 0 saturated carbocycles. The van der Waals surface area contributed by atoms with E-state index in [0.29, 0.717) is 17.0 Å². The van der Waals surface area contributed by atoms with Crippen molar-refractivity contribution in [3.05, 3.63) is 96.7 Å². The Hall–Kier alpha value is -3.82. The van der Waals surface area contributed by atoms with E-state index in [1.807, 2.05) is 66.7 Å². The summed E-state index contributed by atoms with van der Waals surface area (Å²) in [4.78, 5) is 8.96. The molecule has 0 saturated heterocycles. The summed E-state index contributed by atoms with van der Waals surface area (Å²) >= 11 is 0. The van der Waals surface area contributed by atoms with E-state index >= 15 is 0 Å². The molecule has 0 amide bonds. The fourth-order valence-corrected chi connectivity index (χ4v) is 4.28. The molecular formula is C23H15N3O2S. The van der Waals surface area contributed by atoms with Gasteiger partial charge in [-0.15, -0.1) is 0 Å². The molecule has 0 aliphatic carbocycles. The topological polar surface area (TPSA) is 83.7 Å². The molecule has 0 aliphatic heterocycles. The summed E-state index contributed by atoms with van der Waals surface area (Å²) in [7, 11) is -4.01. The van der Waals surface area contributed by atoms with Crippen LogP contribution in [-0.4, -0.2) is 18.4 Å². The minimum atomic E-state index is -4.01. The van der Waals surface area contributed by atoms with Crippen molar-refractivity contribution >= 4 is 9.84 Å². The molecule has 0 atom stereocenters. The van der Waals surface area contributed by atoms with Gasteiger partial charge in [0.15, 0.2) is 10.7 Å². The fraction of sp³-hybridized carbons (Fsp3) is 0. The summed E-state index contributed by atoms with van der Waals surface area (Å²) in [6, 6.07) is 28.3. The molecule has 140 valence electrons. The van der Waals surface area contributed by atoms with Crippen LogP contribution in [0.25, 0.3) is 22.5 Å². The van der Waals surface area contributed by atoms with Crippen molar-refractivity contribution in [2.24, 2.45) is 0 Å². The van der Waals surface area contributed by atoms with Crippen LogP contribution in [-0.2, 0) is 9.84 Å². The second kappa shape index (κ2) is 7.66. The predicted octanol–water partition coefficient (Wildman–Crippen LogP) is 4.52. The average molecular weight is 397 g/mol. The first kappa shape index (κ1) is 18.5. The molecule has 0 N–H and O–H groups in total. The number of aromatic nitrogens is 2. The van der Waals surface area contributed by atoms with Crippen molar-refractivity contribution in [3.63, 3.8) is 0 Å². The van der Waals surface area contributed by atoms with Crippen molar-refractivity contribution in [2.75, 3.05) is 0 Å². The van der Waals surface area contributed by atoms with Gasteiger partial charge in [0.05, 0.1) is 16.3 Å². The van der Waals surface area contributed by atoms with E-state index in [9.17, 15) is 13.7 Å². The number of sulfone groups is 1. The lowest BCUT2D eigenvalue weighted by molar-refractivity contribution is 0.591. The lowest BCUT2D eigenvalue weighted by atomic mass is 10.0. The molecule has 0 aliphatic rings. The Morgan fingerprint density at radius 2 is 1.10 bits per heavy atom. The molecule has 29 heavy (non-hydrogen) atoms. The Balaban J connectivity index is 2.03. The summed E-state index contributed by atoms with van der Waals surface area (Å²) in [6.07, 6.45) is 0. The van der Waals surface area contributed by atoms with Crippen LogP contribution in [0.5, 0.6) is 0 Å². The monoisotopic (exact) mass is 397 g/mol. The maximum absolute atomic E-state index is 13.2. The van der Waals surface area contributed by atoms with E-state index in [0.717, 1.165) is 5.56 Å². The van der Waals surface area contributed by atoms with Crippen LogP contribution in [0.15, 0.2) is 101 Å². The smallest absolute Gasteiger partial charge is 0.226 e. The van der Waals surface area contributed by atoms with Crippen LogP contribution in [0, 0.1) is 11.3 Å². The third kappa shape index (κ3) is 3.51. The van der Waals surface area contributed by atoms with Gasteiger partial charge in [-0.3, -0.25) is 0 Å². The van der Waals surface area contributed by atoms with Crippen molar-refractivity contribution in [1.82, 2.24) is 9.97 Å². The molecule has 0 bridgehead atoms. The molecule has 4 aromatic rings. The highest BCUT2D eigenvalue weighted by atomic mass is 32.2. The van der Waals surface area contributed by atoms with Gasteiger partial charge in [-0.1, -0.05) is 78.9 Å². The van der Waals surface area contributed by atoms with E-state index in [2.05, 4.69) is 9.97 Å². The maximum Gasteiger partial charge on any atom is 0.226 e. The van der Waals surface area contributed by atoms with E-state index in [1.165, 1.54) is 12.1 Å². The van der Waals surface area contributed by atoms with Gasteiger partial charge in [-0.2, -0.15) is 5.26 Å². The second-order valence-corrected chi connectivity index (χ2v) is 8.10. The summed E-state index contributed by atoms with van der Waals surface area (Å²) in [6.45, 7) is 0. The van der Waals surface area contributed by atoms with E-state index in [4.69, 9.17) is 0 Å². The molecule has 1 aromatic heterocycles. The number of nitrogens with zero attached hydrogens (tertiary/aromatic N) is 3. The number of hydrogen-bond acceptors (Lipinski definition) is 5. The zero-order chi connectivity index (χ0) is 20.3. The van der Waals surface area contributed by atoms with Crippen molar-refractivity contribution in [2.45, 2.75) is 9.92 Å². The Kier molecular flexibility index (Phi) is 4.90. The van der Waals surface area contributed by atoms with Crippen molar-refractivity contribution < 1.29 is 8.42 Å². The van der Waals surface area contributed by atoms with Crippen LogP contribution < -0.4 is 0 Å². The minimum absolute atomic E-state index is 0.0669. The highest BCUT2D eigenvalue weighted by molar-refractivity contribution is 7.91. The third-order valence-electron chi connectivity index (χ3n) is 4.37. The Bertz CT molecular complexity index is 1300. The fourth-order valence-electron chi connectivity index (χ4n) is 2.99. The largest absolute Gasteiger partial charge is 0.232 e. The maximum atomic E-state index is 13.2. The van der Waals surface area contributed by atoms with Gasteiger partial charge in [-0.05, 0) is 12.1 Å². The lowest BCUT2D eigenvalue weighted by Crippen LogP contribution is -2.11. The van der Waals surface area contributed by atoms with Gasteiger partial charge in [0.2, 0.25) is 9.84 Å². The second-order valence-electron chi connectivity index (χ2n) is 6.23. The molecule has 0 spiro atoms. The molecular weight excluding hydrogens is 382 g/mol. The van der Waals surface area contributed by atoms with Crippen LogP contribution in [0.3, 0.4) is 0 Å². The Morgan fingerprint density at radius 3 is 1.59 bits per heavy atom. The highest BCUT2D eigenvalue weighted by Crippen LogP contribution is 2.32. The molecule has 6 heteroatoms. The van der Waals surface area contributed by atoms with Crippen LogP contribution in [0.2, 0.25) is 0 Å². The summed E-state index contributed by atoms with van der Waals surface area (Å²) in [5, 5.41) is 9.30. The number of nitriles is 1.